The molecular formula is C15H22O2. The molecule has 0 aliphatic heterocycles. The van der Waals surface area contributed by atoms with Crippen LogP contribution in [0.15, 0.2) is 12.2 Å². The van der Waals surface area contributed by atoms with Gasteiger partial charge in [-0.05, 0) is 62.2 Å². The van der Waals surface area contributed by atoms with E-state index >= 15 is 0 Å². The van der Waals surface area contributed by atoms with Gasteiger partial charge < -0.3 is 4.74 Å². The van der Waals surface area contributed by atoms with Crippen molar-refractivity contribution in [3.8, 4) is 0 Å². The lowest BCUT2D eigenvalue weighted by molar-refractivity contribution is -0.175. The summed E-state index contributed by atoms with van der Waals surface area (Å²) in [5.41, 5.74) is 0.534. The van der Waals surface area contributed by atoms with Crippen LogP contribution in [0.5, 0.6) is 0 Å². The first-order chi connectivity index (χ1) is 8.06. The van der Waals surface area contributed by atoms with Crippen LogP contribution in [0.2, 0.25) is 0 Å². The molecule has 0 saturated heterocycles. The van der Waals surface area contributed by atoms with Crippen LogP contribution in [0.4, 0.5) is 0 Å². The molecule has 4 bridgehead atoms. The lowest BCUT2D eigenvalue weighted by Crippen LogP contribution is -2.54. The van der Waals surface area contributed by atoms with Gasteiger partial charge >= 0.3 is 5.97 Å². The predicted octanol–water partition coefficient (Wildman–Crippen LogP) is 3.18. The molecule has 4 fully saturated rings. The van der Waals surface area contributed by atoms with E-state index in [1.165, 1.54) is 25.7 Å². The number of rotatable bonds is 2. The van der Waals surface area contributed by atoms with E-state index in [0.717, 1.165) is 17.8 Å². The molecule has 17 heavy (non-hydrogen) atoms. The van der Waals surface area contributed by atoms with Crippen LogP contribution in [-0.4, -0.2) is 12.1 Å². The average molecular weight is 234 g/mol. The highest BCUT2D eigenvalue weighted by molar-refractivity contribution is 5.87. The van der Waals surface area contributed by atoms with Gasteiger partial charge in [-0.1, -0.05) is 13.5 Å². The van der Waals surface area contributed by atoms with E-state index in [2.05, 4.69) is 13.5 Å². The predicted molar refractivity (Wildman–Crippen MR) is 66.3 cm³/mol. The van der Waals surface area contributed by atoms with Crippen molar-refractivity contribution in [3.63, 3.8) is 0 Å². The van der Waals surface area contributed by atoms with E-state index in [-0.39, 0.29) is 12.1 Å². The van der Waals surface area contributed by atoms with Gasteiger partial charge in [0.2, 0.25) is 0 Å². The monoisotopic (exact) mass is 234 g/mol. The van der Waals surface area contributed by atoms with Gasteiger partial charge in [-0.25, -0.2) is 4.79 Å². The lowest BCUT2D eigenvalue weighted by Gasteiger charge is -2.56. The zero-order valence-corrected chi connectivity index (χ0v) is 10.8. The fraction of sp³-hybridized carbons (Fsp3) is 0.800. The molecule has 6 atom stereocenters. The zero-order valence-electron chi connectivity index (χ0n) is 10.8. The molecule has 2 heteroatoms. The number of ether oxygens (including phenoxy) is 1. The minimum Gasteiger partial charge on any atom is -0.458 e. The molecule has 0 amide bonds. The molecule has 94 valence electrons. The summed E-state index contributed by atoms with van der Waals surface area (Å²) >= 11 is 0. The molecule has 0 aromatic carbocycles. The molecule has 0 N–H and O–H groups in total. The molecule has 2 nitrogen and oxygen atoms in total. The molecule has 6 unspecified atom stereocenters. The summed E-state index contributed by atoms with van der Waals surface area (Å²) in [5.74, 6) is 3.63. The number of esters is 1. The molecule has 4 saturated carbocycles. The summed E-state index contributed by atoms with van der Waals surface area (Å²) in [6.07, 6.45) is 5.45. The van der Waals surface area contributed by atoms with Crippen molar-refractivity contribution in [2.45, 2.75) is 45.6 Å². The second kappa shape index (κ2) is 3.86. The fourth-order valence-electron chi connectivity index (χ4n) is 4.56. The maximum absolute atomic E-state index is 11.7. The van der Waals surface area contributed by atoms with E-state index in [9.17, 15) is 4.79 Å². The summed E-state index contributed by atoms with van der Waals surface area (Å²) in [5, 5.41) is 0. The molecule has 0 radical (unpaired) electrons. The van der Waals surface area contributed by atoms with Gasteiger partial charge in [0.15, 0.2) is 0 Å². The largest absolute Gasteiger partial charge is 0.458 e. The maximum atomic E-state index is 11.7. The highest BCUT2D eigenvalue weighted by Gasteiger charge is 2.53. The van der Waals surface area contributed by atoms with Crippen molar-refractivity contribution < 1.29 is 9.53 Å². The van der Waals surface area contributed by atoms with E-state index in [1.54, 1.807) is 6.92 Å². The number of carbonyl (C=O) groups is 1. The average Bonchev–Trinajstić information content (AvgIpc) is 2.28. The second-order valence-electron chi connectivity index (χ2n) is 6.50. The molecule has 0 heterocycles. The fourth-order valence-corrected chi connectivity index (χ4v) is 4.56. The van der Waals surface area contributed by atoms with E-state index in [0.29, 0.717) is 17.4 Å². The van der Waals surface area contributed by atoms with Crippen molar-refractivity contribution >= 4 is 5.97 Å². The van der Waals surface area contributed by atoms with Gasteiger partial charge in [-0.2, -0.15) is 0 Å². The van der Waals surface area contributed by atoms with Gasteiger partial charge in [0.25, 0.3) is 0 Å². The number of hydrogen-bond acceptors (Lipinski definition) is 2. The Kier molecular flexibility index (Phi) is 2.57. The molecule has 4 aliphatic rings. The molecular weight excluding hydrogens is 212 g/mol. The molecule has 4 rings (SSSR count). The van der Waals surface area contributed by atoms with Crippen molar-refractivity contribution in [2.75, 3.05) is 0 Å². The van der Waals surface area contributed by atoms with Crippen LogP contribution >= 0.6 is 0 Å². The Hall–Kier alpha value is -0.790. The third-order valence-electron chi connectivity index (χ3n) is 5.38. The minimum atomic E-state index is -0.185. The van der Waals surface area contributed by atoms with Crippen molar-refractivity contribution in [1.29, 1.82) is 0 Å². The van der Waals surface area contributed by atoms with Gasteiger partial charge in [-0.3, -0.25) is 0 Å². The number of hydrogen-bond donors (Lipinski definition) is 0. The third-order valence-corrected chi connectivity index (χ3v) is 5.38. The van der Waals surface area contributed by atoms with Crippen LogP contribution in [-0.2, 0) is 9.53 Å². The molecule has 4 aliphatic carbocycles. The third kappa shape index (κ3) is 1.73. The quantitative estimate of drug-likeness (QED) is 0.542. The van der Waals surface area contributed by atoms with Crippen LogP contribution in [0.25, 0.3) is 0 Å². The van der Waals surface area contributed by atoms with Crippen molar-refractivity contribution in [3.05, 3.63) is 12.2 Å². The Bertz CT molecular complexity index is 360. The Morgan fingerprint density at radius 1 is 1.18 bits per heavy atom. The maximum Gasteiger partial charge on any atom is 0.333 e. The van der Waals surface area contributed by atoms with Crippen molar-refractivity contribution in [1.82, 2.24) is 0 Å². The lowest BCUT2D eigenvalue weighted by atomic mass is 9.51. The minimum absolute atomic E-state index is 0.182. The van der Waals surface area contributed by atoms with Crippen LogP contribution < -0.4 is 0 Å². The van der Waals surface area contributed by atoms with E-state index < -0.39 is 0 Å². The zero-order chi connectivity index (χ0) is 12.2. The van der Waals surface area contributed by atoms with Crippen LogP contribution in [0, 0.1) is 29.6 Å². The first-order valence-corrected chi connectivity index (χ1v) is 6.92. The van der Waals surface area contributed by atoms with Gasteiger partial charge in [0, 0.05) is 5.57 Å². The topological polar surface area (TPSA) is 26.3 Å². The Morgan fingerprint density at radius 2 is 1.88 bits per heavy atom. The first-order valence-electron chi connectivity index (χ1n) is 6.92. The first kappa shape index (κ1) is 11.3. The normalized spacial score (nSPS) is 46.9. The summed E-state index contributed by atoms with van der Waals surface area (Å²) < 4.78 is 5.72. The van der Waals surface area contributed by atoms with Crippen LogP contribution in [0.3, 0.4) is 0 Å². The Balaban J connectivity index is 1.77. The second-order valence-corrected chi connectivity index (χ2v) is 6.50. The summed E-state index contributed by atoms with van der Waals surface area (Å²) in [7, 11) is 0. The van der Waals surface area contributed by atoms with Gasteiger partial charge in [0.05, 0.1) is 0 Å². The Morgan fingerprint density at radius 3 is 2.59 bits per heavy atom. The van der Waals surface area contributed by atoms with E-state index in [4.69, 9.17) is 4.74 Å². The highest BCUT2D eigenvalue weighted by Crippen LogP contribution is 2.57. The van der Waals surface area contributed by atoms with E-state index in [1.807, 2.05) is 0 Å². The van der Waals surface area contributed by atoms with Gasteiger partial charge in [0.1, 0.15) is 6.10 Å². The number of carbonyl (C=O) groups excluding carboxylic acids is 1. The standard InChI is InChI=1S/C15H22O2/c1-8(2)15(16)17-14-12-5-10-4-11(7-12)9(3)13(14)6-10/h9-14H,1,4-7H2,2-3H3. The summed E-state index contributed by atoms with van der Waals surface area (Å²) in [6, 6.07) is 0. The SMILES string of the molecule is C=C(C)C(=O)OC1C2CC3CC(C2)C(C)C1C3. The summed E-state index contributed by atoms with van der Waals surface area (Å²) in [4.78, 5) is 11.7. The molecule has 0 spiro atoms. The highest BCUT2D eigenvalue weighted by atomic mass is 16.5. The molecule has 0 aromatic heterocycles. The Labute approximate surface area is 103 Å². The van der Waals surface area contributed by atoms with Crippen LogP contribution in [0.1, 0.15) is 39.5 Å². The summed E-state index contributed by atoms with van der Waals surface area (Å²) in [6.45, 7) is 7.78. The molecule has 0 aromatic rings. The van der Waals surface area contributed by atoms with Crippen molar-refractivity contribution in [2.24, 2.45) is 29.6 Å². The smallest absolute Gasteiger partial charge is 0.333 e. The van der Waals surface area contributed by atoms with Gasteiger partial charge in [-0.15, -0.1) is 0 Å².